The first-order valence-corrected chi connectivity index (χ1v) is 7.45. The van der Waals surface area contributed by atoms with E-state index < -0.39 is 16.0 Å². The average molecular weight is 288 g/mol. The van der Waals surface area contributed by atoms with E-state index in [0.29, 0.717) is 6.54 Å². The molecule has 0 amide bonds. The molecule has 0 spiro atoms. The second-order valence-electron chi connectivity index (χ2n) is 4.70. The third-order valence-electron chi connectivity index (χ3n) is 3.49. The van der Waals surface area contributed by atoms with Crippen molar-refractivity contribution in [2.24, 2.45) is 5.41 Å². The van der Waals surface area contributed by atoms with Crippen LogP contribution in [0, 0.1) is 5.41 Å². The molecule has 106 valence electrons. The van der Waals surface area contributed by atoms with E-state index >= 15 is 0 Å². The minimum absolute atomic E-state index is 0.0816. The van der Waals surface area contributed by atoms with Gasteiger partial charge in [0.25, 0.3) is 15.1 Å². The molecular weight excluding hydrogens is 272 g/mol. The molecule has 19 heavy (non-hydrogen) atoms. The van der Waals surface area contributed by atoms with Crippen LogP contribution < -0.4 is 4.72 Å². The van der Waals surface area contributed by atoms with Gasteiger partial charge in [-0.3, -0.25) is 0 Å². The molecule has 0 bridgehead atoms. The molecule has 0 saturated heterocycles. The van der Waals surface area contributed by atoms with E-state index in [9.17, 15) is 13.2 Å². The summed E-state index contributed by atoms with van der Waals surface area (Å²) in [5.74, 6) is -0.738. The molecule has 1 aliphatic carbocycles. The van der Waals surface area contributed by atoms with E-state index in [1.165, 1.54) is 7.11 Å². The third kappa shape index (κ3) is 2.95. The van der Waals surface area contributed by atoms with Gasteiger partial charge in [-0.2, -0.15) is 0 Å². The fourth-order valence-electron chi connectivity index (χ4n) is 1.74. The summed E-state index contributed by atoms with van der Waals surface area (Å²) in [6.07, 6.45) is 2.98. The van der Waals surface area contributed by atoms with E-state index in [-0.39, 0.29) is 16.2 Å². The van der Waals surface area contributed by atoms with E-state index in [1.54, 1.807) is 0 Å². The van der Waals surface area contributed by atoms with Gasteiger partial charge >= 0.3 is 5.97 Å². The minimum Gasteiger partial charge on any atom is -0.464 e. The predicted molar refractivity (Wildman–Crippen MR) is 65.0 cm³/mol. The number of hydrogen-bond acceptors (Lipinski definition) is 6. The van der Waals surface area contributed by atoms with Crippen molar-refractivity contribution in [1.82, 2.24) is 9.88 Å². The maximum atomic E-state index is 11.9. The van der Waals surface area contributed by atoms with Gasteiger partial charge < -0.3 is 9.26 Å². The van der Waals surface area contributed by atoms with E-state index in [0.717, 1.165) is 25.3 Å². The second kappa shape index (κ2) is 4.93. The number of esters is 1. The number of carbonyl (C=O) groups is 1. The van der Waals surface area contributed by atoms with Crippen LogP contribution in [-0.4, -0.2) is 33.2 Å². The zero-order chi connectivity index (χ0) is 14.1. The Hall–Kier alpha value is -1.41. The van der Waals surface area contributed by atoms with Gasteiger partial charge in [0.2, 0.25) is 0 Å². The zero-order valence-corrected chi connectivity index (χ0v) is 11.6. The number of aromatic nitrogens is 1. The quantitative estimate of drug-likeness (QED) is 0.782. The topological polar surface area (TPSA) is 98.5 Å². The fraction of sp³-hybridized carbons (Fsp3) is 0.636. The maximum Gasteiger partial charge on any atom is 0.360 e. The van der Waals surface area contributed by atoms with Crippen LogP contribution in [0.4, 0.5) is 0 Å². The number of sulfonamides is 1. The van der Waals surface area contributed by atoms with E-state index in [2.05, 4.69) is 19.1 Å². The van der Waals surface area contributed by atoms with Crippen LogP contribution >= 0.6 is 0 Å². The summed E-state index contributed by atoms with van der Waals surface area (Å²) in [7, 11) is -2.59. The van der Waals surface area contributed by atoms with E-state index in [1.807, 2.05) is 6.92 Å². The van der Waals surface area contributed by atoms with Crippen molar-refractivity contribution in [3.63, 3.8) is 0 Å². The Bertz CT molecular complexity index is 574. The van der Waals surface area contributed by atoms with Crippen LogP contribution in [0.15, 0.2) is 15.7 Å². The summed E-state index contributed by atoms with van der Waals surface area (Å²) in [6, 6.07) is 1.06. The Morgan fingerprint density at radius 1 is 1.58 bits per heavy atom. The second-order valence-corrected chi connectivity index (χ2v) is 6.40. The Kier molecular flexibility index (Phi) is 3.64. The first kappa shape index (κ1) is 14.0. The molecule has 1 saturated carbocycles. The fourth-order valence-corrected chi connectivity index (χ4v) is 2.78. The van der Waals surface area contributed by atoms with Crippen molar-refractivity contribution in [3.05, 3.63) is 11.8 Å². The summed E-state index contributed by atoms with van der Waals surface area (Å²) >= 11 is 0. The van der Waals surface area contributed by atoms with Gasteiger partial charge in [0, 0.05) is 12.6 Å². The lowest BCUT2D eigenvalue weighted by Gasteiger charge is -2.12. The Morgan fingerprint density at radius 2 is 2.26 bits per heavy atom. The highest BCUT2D eigenvalue weighted by atomic mass is 32.2. The molecule has 2 rings (SSSR count). The molecule has 0 aliphatic heterocycles. The molecule has 0 aromatic carbocycles. The third-order valence-corrected chi connectivity index (χ3v) is 4.74. The first-order valence-electron chi connectivity index (χ1n) is 5.97. The summed E-state index contributed by atoms with van der Waals surface area (Å²) < 4.78 is 35.5. The SMILES string of the molecule is CCC1(CNS(=O)(=O)c2cc(C(=O)OC)no2)CC1. The molecule has 1 aliphatic rings. The molecule has 1 heterocycles. The number of nitrogens with zero attached hydrogens (tertiary/aromatic N) is 1. The molecule has 1 fully saturated rings. The highest BCUT2D eigenvalue weighted by Gasteiger charge is 2.41. The molecule has 7 nitrogen and oxygen atoms in total. The van der Waals surface area contributed by atoms with Crippen molar-refractivity contribution in [1.29, 1.82) is 0 Å². The van der Waals surface area contributed by atoms with Crippen molar-refractivity contribution < 1.29 is 22.5 Å². The van der Waals surface area contributed by atoms with Crippen molar-refractivity contribution in [2.75, 3.05) is 13.7 Å². The van der Waals surface area contributed by atoms with Gasteiger partial charge in [-0.15, -0.1) is 0 Å². The molecule has 0 atom stereocenters. The van der Waals surface area contributed by atoms with Crippen LogP contribution in [-0.2, 0) is 14.8 Å². The van der Waals surface area contributed by atoms with Crippen LogP contribution in [0.5, 0.6) is 0 Å². The molecule has 8 heteroatoms. The Labute approximate surface area is 111 Å². The predicted octanol–water partition coefficient (Wildman–Crippen LogP) is 0.930. The number of ether oxygens (including phenoxy) is 1. The maximum absolute atomic E-state index is 11.9. The number of nitrogens with one attached hydrogen (secondary N) is 1. The Balaban J connectivity index is 2.07. The van der Waals surface area contributed by atoms with Crippen LogP contribution in [0.1, 0.15) is 36.7 Å². The largest absolute Gasteiger partial charge is 0.464 e. The van der Waals surface area contributed by atoms with Gasteiger partial charge in [0.1, 0.15) is 0 Å². The monoisotopic (exact) mass is 288 g/mol. The molecule has 1 aromatic rings. The van der Waals surface area contributed by atoms with Crippen LogP contribution in [0.25, 0.3) is 0 Å². The first-order chi connectivity index (χ1) is 8.92. The summed E-state index contributed by atoms with van der Waals surface area (Å²) in [4.78, 5) is 11.2. The number of methoxy groups -OCH3 is 1. The standard InChI is InChI=1S/C11H16N2O5S/c1-3-11(4-5-11)7-12-19(15,16)9-6-8(13-18-9)10(14)17-2/h6,12H,3-5,7H2,1-2H3. The van der Waals surface area contributed by atoms with Crippen LogP contribution in [0.2, 0.25) is 0 Å². The van der Waals surface area contributed by atoms with Gasteiger partial charge in [0.15, 0.2) is 5.69 Å². The summed E-state index contributed by atoms with van der Waals surface area (Å²) in [6.45, 7) is 2.41. The molecule has 1 aromatic heterocycles. The molecule has 1 N–H and O–H groups in total. The average Bonchev–Trinajstić information content (AvgIpc) is 3.01. The van der Waals surface area contributed by atoms with Crippen molar-refractivity contribution in [2.45, 2.75) is 31.3 Å². The van der Waals surface area contributed by atoms with Gasteiger partial charge in [-0.05, 0) is 24.7 Å². The highest BCUT2D eigenvalue weighted by molar-refractivity contribution is 7.89. The molecule has 0 radical (unpaired) electrons. The zero-order valence-electron chi connectivity index (χ0n) is 10.8. The van der Waals surface area contributed by atoms with E-state index in [4.69, 9.17) is 0 Å². The number of rotatable bonds is 6. The molecular formula is C11H16N2O5S. The lowest BCUT2D eigenvalue weighted by Crippen LogP contribution is -2.29. The molecule has 0 unspecified atom stereocenters. The van der Waals surface area contributed by atoms with Crippen molar-refractivity contribution in [3.8, 4) is 0 Å². The Morgan fingerprint density at radius 3 is 2.79 bits per heavy atom. The normalized spacial score (nSPS) is 17.2. The summed E-state index contributed by atoms with van der Waals surface area (Å²) in [5, 5.41) is 2.99. The lowest BCUT2D eigenvalue weighted by molar-refractivity contribution is 0.0588. The smallest absolute Gasteiger partial charge is 0.360 e. The van der Waals surface area contributed by atoms with Gasteiger partial charge in [-0.25, -0.2) is 17.9 Å². The van der Waals surface area contributed by atoms with Crippen LogP contribution in [0.3, 0.4) is 0 Å². The minimum atomic E-state index is -3.77. The van der Waals surface area contributed by atoms with Gasteiger partial charge in [0.05, 0.1) is 7.11 Å². The highest BCUT2D eigenvalue weighted by Crippen LogP contribution is 2.48. The van der Waals surface area contributed by atoms with Gasteiger partial charge in [-0.1, -0.05) is 12.1 Å². The number of carbonyl (C=O) groups excluding carboxylic acids is 1. The van der Waals surface area contributed by atoms with Crippen molar-refractivity contribution >= 4 is 16.0 Å². The summed E-state index contributed by atoms with van der Waals surface area (Å²) in [5.41, 5.74) is -0.0855. The lowest BCUT2D eigenvalue weighted by atomic mass is 10.1. The number of hydrogen-bond donors (Lipinski definition) is 1.